The van der Waals surface area contributed by atoms with Gasteiger partial charge < -0.3 is 5.11 Å². The van der Waals surface area contributed by atoms with Gasteiger partial charge in [0.2, 0.25) is 0 Å². The number of hydrogen-bond acceptors (Lipinski definition) is 3. The first kappa shape index (κ1) is 14.1. The second-order valence-electron chi connectivity index (χ2n) is 5.15. The quantitative estimate of drug-likeness (QED) is 0.787. The summed E-state index contributed by atoms with van der Waals surface area (Å²) in [6, 6.07) is 5.82. The van der Waals surface area contributed by atoms with Crippen molar-refractivity contribution < 1.29 is 9.90 Å². The van der Waals surface area contributed by atoms with Crippen LogP contribution in [0.3, 0.4) is 0 Å². The van der Waals surface area contributed by atoms with Gasteiger partial charge in [0.05, 0.1) is 19.5 Å². The highest BCUT2D eigenvalue weighted by Gasteiger charge is 2.36. The SMILES string of the molecule is [B]CCC[C@H]1CN(Cc2ccccn2)C[C@H]1C(=O)O. The summed E-state index contributed by atoms with van der Waals surface area (Å²) in [5, 5.41) is 9.29. The topological polar surface area (TPSA) is 53.4 Å². The van der Waals surface area contributed by atoms with Crippen LogP contribution in [0.15, 0.2) is 24.4 Å². The predicted molar refractivity (Wildman–Crippen MR) is 73.9 cm³/mol. The number of rotatable bonds is 6. The Morgan fingerprint density at radius 1 is 1.47 bits per heavy atom. The van der Waals surface area contributed by atoms with Gasteiger partial charge in [-0.05, 0) is 24.5 Å². The van der Waals surface area contributed by atoms with Gasteiger partial charge in [0, 0.05) is 25.8 Å². The summed E-state index contributed by atoms with van der Waals surface area (Å²) in [4.78, 5) is 17.8. The van der Waals surface area contributed by atoms with E-state index in [1.807, 2.05) is 18.2 Å². The Morgan fingerprint density at radius 2 is 2.32 bits per heavy atom. The first-order valence-corrected chi connectivity index (χ1v) is 6.76. The fourth-order valence-corrected chi connectivity index (χ4v) is 2.76. The molecular weight excluding hydrogens is 239 g/mol. The number of aliphatic carboxylic acids is 1. The molecule has 4 nitrogen and oxygen atoms in total. The number of carboxylic acids is 1. The van der Waals surface area contributed by atoms with Crippen LogP contribution >= 0.6 is 0 Å². The van der Waals surface area contributed by atoms with Gasteiger partial charge in [-0.25, -0.2) is 0 Å². The van der Waals surface area contributed by atoms with E-state index in [9.17, 15) is 9.90 Å². The van der Waals surface area contributed by atoms with E-state index >= 15 is 0 Å². The van der Waals surface area contributed by atoms with E-state index in [2.05, 4.69) is 9.88 Å². The fraction of sp³-hybridized carbons (Fsp3) is 0.571. The summed E-state index contributed by atoms with van der Waals surface area (Å²) in [6.45, 7) is 2.17. The minimum atomic E-state index is -0.689. The van der Waals surface area contributed by atoms with Crippen molar-refractivity contribution in [2.45, 2.75) is 25.7 Å². The lowest BCUT2D eigenvalue weighted by Crippen LogP contribution is -2.23. The summed E-state index contributed by atoms with van der Waals surface area (Å²) < 4.78 is 0. The Morgan fingerprint density at radius 3 is 2.95 bits per heavy atom. The molecule has 2 atom stereocenters. The summed E-state index contributed by atoms with van der Waals surface area (Å²) in [7, 11) is 5.52. The van der Waals surface area contributed by atoms with Crippen LogP contribution in [0.4, 0.5) is 0 Å². The van der Waals surface area contributed by atoms with Crippen molar-refractivity contribution in [2.24, 2.45) is 11.8 Å². The standard InChI is InChI=1S/C14H19BN2O2/c15-6-3-4-11-8-17(10-13(11)14(18)19)9-12-5-1-2-7-16-12/h1-2,5,7,11,13H,3-4,6,8-10H2,(H,18,19)/t11-,13+/m0/s1. The summed E-state index contributed by atoms with van der Waals surface area (Å²) in [5.41, 5.74) is 0.992. The molecule has 2 heterocycles. The second kappa shape index (κ2) is 6.71. The van der Waals surface area contributed by atoms with Gasteiger partial charge in [0.25, 0.3) is 0 Å². The molecule has 5 heteroatoms. The van der Waals surface area contributed by atoms with Gasteiger partial charge >= 0.3 is 5.97 Å². The predicted octanol–water partition coefficient (Wildman–Crippen LogP) is 1.58. The third kappa shape index (κ3) is 3.80. The number of nitrogens with zero attached hydrogens (tertiary/aromatic N) is 2. The largest absolute Gasteiger partial charge is 0.481 e. The molecule has 1 N–H and O–H groups in total. The van der Waals surface area contributed by atoms with E-state index in [0.29, 0.717) is 12.9 Å². The number of aromatic nitrogens is 1. The zero-order valence-electron chi connectivity index (χ0n) is 11.0. The number of pyridine rings is 1. The molecule has 0 aliphatic carbocycles. The van der Waals surface area contributed by atoms with Gasteiger partial charge in [-0.2, -0.15) is 0 Å². The third-order valence-electron chi connectivity index (χ3n) is 3.72. The molecule has 1 aliphatic heterocycles. The first-order chi connectivity index (χ1) is 9.20. The molecular formula is C14H19BN2O2. The average Bonchev–Trinajstić information content (AvgIpc) is 2.80. The molecule has 0 spiro atoms. The highest BCUT2D eigenvalue weighted by atomic mass is 16.4. The summed E-state index contributed by atoms with van der Waals surface area (Å²) in [6.07, 6.45) is 4.19. The minimum Gasteiger partial charge on any atom is -0.481 e. The Balaban J connectivity index is 1.95. The lowest BCUT2D eigenvalue weighted by molar-refractivity contribution is -0.142. The van der Waals surface area contributed by atoms with Crippen LogP contribution in [-0.2, 0) is 11.3 Å². The Labute approximate surface area is 115 Å². The van der Waals surface area contributed by atoms with Crippen LogP contribution in [0.1, 0.15) is 18.5 Å². The van der Waals surface area contributed by atoms with Gasteiger partial charge in [0.1, 0.15) is 0 Å². The molecule has 0 aromatic carbocycles. The van der Waals surface area contributed by atoms with Gasteiger partial charge in [-0.3, -0.25) is 14.7 Å². The normalized spacial score (nSPS) is 23.6. The average molecular weight is 258 g/mol. The molecule has 0 unspecified atom stereocenters. The Bertz CT molecular complexity index is 413. The maximum Gasteiger partial charge on any atom is 0.308 e. The van der Waals surface area contributed by atoms with E-state index in [4.69, 9.17) is 7.85 Å². The molecule has 1 aromatic heterocycles. The number of hydrogen-bond donors (Lipinski definition) is 1. The van der Waals surface area contributed by atoms with Crippen molar-refractivity contribution in [3.63, 3.8) is 0 Å². The van der Waals surface area contributed by atoms with Crippen molar-refractivity contribution in [1.29, 1.82) is 0 Å². The lowest BCUT2D eigenvalue weighted by Gasteiger charge is -2.15. The highest BCUT2D eigenvalue weighted by molar-refractivity contribution is 6.08. The monoisotopic (exact) mass is 258 g/mol. The molecule has 19 heavy (non-hydrogen) atoms. The fourth-order valence-electron chi connectivity index (χ4n) is 2.76. The second-order valence-corrected chi connectivity index (χ2v) is 5.15. The van der Waals surface area contributed by atoms with Crippen molar-refractivity contribution in [3.05, 3.63) is 30.1 Å². The zero-order valence-corrected chi connectivity index (χ0v) is 11.0. The molecule has 1 aromatic rings. The number of carbonyl (C=O) groups is 1. The van der Waals surface area contributed by atoms with Crippen molar-refractivity contribution >= 4 is 13.8 Å². The molecule has 0 amide bonds. The van der Waals surface area contributed by atoms with Crippen LogP contribution in [0.5, 0.6) is 0 Å². The molecule has 2 radical (unpaired) electrons. The smallest absolute Gasteiger partial charge is 0.308 e. The Hall–Kier alpha value is -1.36. The third-order valence-corrected chi connectivity index (χ3v) is 3.72. The van der Waals surface area contributed by atoms with E-state index in [1.165, 1.54) is 0 Å². The number of carboxylic acid groups (broad SMARTS) is 1. The van der Waals surface area contributed by atoms with Crippen LogP contribution in [0, 0.1) is 11.8 Å². The van der Waals surface area contributed by atoms with Gasteiger partial charge in [-0.1, -0.05) is 18.8 Å². The lowest BCUT2D eigenvalue weighted by atomic mass is 9.88. The van der Waals surface area contributed by atoms with E-state index in [1.54, 1.807) is 6.20 Å². The maximum absolute atomic E-state index is 11.3. The molecule has 0 saturated carbocycles. The van der Waals surface area contributed by atoms with Crippen molar-refractivity contribution in [1.82, 2.24) is 9.88 Å². The number of likely N-dealkylation sites (tertiary alicyclic amines) is 1. The summed E-state index contributed by atoms with van der Waals surface area (Å²) in [5.74, 6) is -0.745. The molecule has 2 rings (SSSR count). The zero-order chi connectivity index (χ0) is 13.7. The molecule has 0 bridgehead atoms. The van der Waals surface area contributed by atoms with E-state index in [-0.39, 0.29) is 11.8 Å². The first-order valence-electron chi connectivity index (χ1n) is 6.76. The van der Waals surface area contributed by atoms with E-state index < -0.39 is 5.97 Å². The van der Waals surface area contributed by atoms with Crippen molar-refractivity contribution in [3.8, 4) is 0 Å². The Kier molecular flexibility index (Phi) is 4.96. The molecule has 1 fully saturated rings. The molecule has 1 aliphatic rings. The van der Waals surface area contributed by atoms with E-state index in [0.717, 1.165) is 31.6 Å². The van der Waals surface area contributed by atoms with Gasteiger partial charge in [0.15, 0.2) is 0 Å². The molecule has 100 valence electrons. The van der Waals surface area contributed by atoms with Crippen LogP contribution in [0.25, 0.3) is 0 Å². The molecule has 1 saturated heterocycles. The van der Waals surface area contributed by atoms with Crippen LogP contribution in [0.2, 0.25) is 6.32 Å². The highest BCUT2D eigenvalue weighted by Crippen LogP contribution is 2.28. The van der Waals surface area contributed by atoms with Crippen LogP contribution < -0.4 is 0 Å². The van der Waals surface area contributed by atoms with Gasteiger partial charge in [-0.15, -0.1) is 0 Å². The van der Waals surface area contributed by atoms with Crippen molar-refractivity contribution in [2.75, 3.05) is 13.1 Å². The minimum absolute atomic E-state index is 0.213. The maximum atomic E-state index is 11.3. The summed E-state index contributed by atoms with van der Waals surface area (Å²) >= 11 is 0. The van der Waals surface area contributed by atoms with Crippen LogP contribution in [-0.4, -0.2) is 41.9 Å².